The molecule has 0 fully saturated rings. The predicted octanol–water partition coefficient (Wildman–Crippen LogP) is -0.0174. The standard InChI is InChI=1S/C18H18N12O3/c1-3-33-18(32)11(2)8-12(21-22-13-4-6-15-24-19-9-29(15)27-13)17(31)26-23-14-5-7-16-25-20-10-30(16)28-14/h4-10H,3H2,1-2H3,(H,22,27)(H,23,28)(H,26,31)/b11-8+,21-12-. The van der Waals surface area contributed by atoms with Crippen LogP contribution in [-0.2, 0) is 14.3 Å². The van der Waals surface area contributed by atoms with Gasteiger partial charge in [-0.15, -0.1) is 30.6 Å². The minimum atomic E-state index is -0.651. The molecule has 0 spiro atoms. The van der Waals surface area contributed by atoms with E-state index < -0.39 is 11.9 Å². The van der Waals surface area contributed by atoms with Gasteiger partial charge in [-0.05, 0) is 44.2 Å². The Bertz CT molecular complexity index is 1370. The number of nitrogens with zero attached hydrogens (tertiary/aromatic N) is 9. The van der Waals surface area contributed by atoms with Crippen molar-refractivity contribution in [2.45, 2.75) is 13.8 Å². The minimum Gasteiger partial charge on any atom is -0.463 e. The summed E-state index contributed by atoms with van der Waals surface area (Å²) in [4.78, 5) is 24.8. The van der Waals surface area contributed by atoms with Crippen LogP contribution in [0.4, 0.5) is 11.6 Å². The van der Waals surface area contributed by atoms with Crippen LogP contribution in [0.25, 0.3) is 11.3 Å². The molecule has 0 atom stereocenters. The van der Waals surface area contributed by atoms with Gasteiger partial charge >= 0.3 is 5.97 Å². The summed E-state index contributed by atoms with van der Waals surface area (Å²) in [5.41, 5.74) is 8.98. The number of carbonyl (C=O) groups is 2. The van der Waals surface area contributed by atoms with Crippen LogP contribution in [0.2, 0.25) is 0 Å². The number of ether oxygens (including phenoxy) is 1. The summed E-state index contributed by atoms with van der Waals surface area (Å²) in [6.07, 6.45) is 4.13. The third-order valence-electron chi connectivity index (χ3n) is 4.10. The quantitative estimate of drug-likeness (QED) is 0.142. The Kier molecular flexibility index (Phi) is 6.10. The van der Waals surface area contributed by atoms with Gasteiger partial charge in [0.15, 0.2) is 28.6 Å². The van der Waals surface area contributed by atoms with E-state index >= 15 is 0 Å². The summed E-state index contributed by atoms with van der Waals surface area (Å²) in [6, 6.07) is 6.56. The van der Waals surface area contributed by atoms with Gasteiger partial charge in [0.05, 0.1) is 6.61 Å². The molecule has 0 radical (unpaired) electrons. The molecule has 0 saturated heterocycles. The molecule has 0 aliphatic heterocycles. The minimum absolute atomic E-state index is 0.121. The van der Waals surface area contributed by atoms with E-state index in [2.05, 4.69) is 52.0 Å². The number of hydrogen-bond donors (Lipinski definition) is 3. The molecule has 15 nitrogen and oxygen atoms in total. The van der Waals surface area contributed by atoms with E-state index in [-0.39, 0.29) is 17.9 Å². The molecule has 4 heterocycles. The molecule has 0 saturated carbocycles. The zero-order valence-electron chi connectivity index (χ0n) is 17.5. The number of anilines is 2. The lowest BCUT2D eigenvalue weighted by Gasteiger charge is -2.09. The van der Waals surface area contributed by atoms with Gasteiger partial charge in [0, 0.05) is 5.57 Å². The summed E-state index contributed by atoms with van der Waals surface area (Å²) in [5, 5.41) is 27.7. The lowest BCUT2D eigenvalue weighted by Crippen LogP contribution is -2.36. The molecule has 4 aromatic heterocycles. The van der Waals surface area contributed by atoms with Crippen LogP contribution in [0, 0.1) is 0 Å². The fourth-order valence-electron chi connectivity index (χ4n) is 2.54. The van der Waals surface area contributed by atoms with Gasteiger partial charge in [-0.3, -0.25) is 21.1 Å². The molecule has 15 heteroatoms. The zero-order chi connectivity index (χ0) is 23.2. The fourth-order valence-corrected chi connectivity index (χ4v) is 2.54. The summed E-state index contributed by atoms with van der Waals surface area (Å²) in [6.45, 7) is 3.39. The second-order valence-electron chi connectivity index (χ2n) is 6.44. The SMILES string of the molecule is CCOC(=O)/C(C)=C/C(=N/Nc1ccc2nncn2n1)C(=O)NNc1ccc2nncn2n1. The van der Waals surface area contributed by atoms with Crippen molar-refractivity contribution in [3.63, 3.8) is 0 Å². The van der Waals surface area contributed by atoms with Crippen molar-refractivity contribution in [3.05, 3.63) is 48.6 Å². The predicted molar refractivity (Wildman–Crippen MR) is 115 cm³/mol. The number of hydrazone groups is 1. The molecule has 0 aliphatic rings. The monoisotopic (exact) mass is 450 g/mol. The first kappa shape index (κ1) is 21.3. The van der Waals surface area contributed by atoms with Crippen LogP contribution < -0.4 is 16.3 Å². The molecule has 4 aromatic rings. The maximum Gasteiger partial charge on any atom is 0.333 e. The van der Waals surface area contributed by atoms with E-state index in [0.29, 0.717) is 22.9 Å². The molecule has 0 aromatic carbocycles. The van der Waals surface area contributed by atoms with Crippen LogP contribution in [0.1, 0.15) is 13.8 Å². The molecule has 33 heavy (non-hydrogen) atoms. The van der Waals surface area contributed by atoms with E-state index in [1.54, 1.807) is 31.2 Å². The highest BCUT2D eigenvalue weighted by Crippen LogP contribution is 2.06. The zero-order valence-corrected chi connectivity index (χ0v) is 17.5. The molecule has 0 unspecified atom stereocenters. The first-order chi connectivity index (χ1) is 16.0. The Morgan fingerprint density at radius 1 is 1.03 bits per heavy atom. The smallest absolute Gasteiger partial charge is 0.333 e. The Labute approximate surface area is 185 Å². The average Bonchev–Trinajstić information content (AvgIpc) is 3.48. The van der Waals surface area contributed by atoms with Gasteiger partial charge in [-0.1, -0.05) is 0 Å². The fraction of sp³-hybridized carbons (Fsp3) is 0.167. The topological polar surface area (TPSA) is 178 Å². The van der Waals surface area contributed by atoms with E-state index in [1.165, 1.54) is 34.7 Å². The highest BCUT2D eigenvalue weighted by molar-refractivity contribution is 6.44. The van der Waals surface area contributed by atoms with Gasteiger partial charge in [-0.25, -0.2) is 4.79 Å². The van der Waals surface area contributed by atoms with Crippen LogP contribution in [-0.4, -0.2) is 63.8 Å². The van der Waals surface area contributed by atoms with Gasteiger partial charge in [0.25, 0.3) is 5.91 Å². The van der Waals surface area contributed by atoms with E-state index in [4.69, 9.17) is 4.74 Å². The van der Waals surface area contributed by atoms with Crippen LogP contribution in [0.3, 0.4) is 0 Å². The van der Waals surface area contributed by atoms with Crippen LogP contribution in [0.5, 0.6) is 0 Å². The van der Waals surface area contributed by atoms with Crippen LogP contribution >= 0.6 is 0 Å². The largest absolute Gasteiger partial charge is 0.463 e. The van der Waals surface area contributed by atoms with Crippen molar-refractivity contribution in [2.75, 3.05) is 17.5 Å². The number of hydrogen-bond acceptors (Lipinski definition) is 12. The Hall–Kier alpha value is -4.95. The van der Waals surface area contributed by atoms with Gasteiger partial charge in [-0.2, -0.15) is 14.1 Å². The molecule has 0 bridgehead atoms. The number of hydrazine groups is 1. The van der Waals surface area contributed by atoms with Crippen molar-refractivity contribution in [3.8, 4) is 0 Å². The lowest BCUT2D eigenvalue weighted by atomic mass is 10.2. The van der Waals surface area contributed by atoms with Crippen molar-refractivity contribution in [2.24, 2.45) is 5.10 Å². The Morgan fingerprint density at radius 3 is 2.33 bits per heavy atom. The average molecular weight is 450 g/mol. The number of rotatable bonds is 8. The summed E-state index contributed by atoms with van der Waals surface area (Å²) in [7, 11) is 0. The van der Waals surface area contributed by atoms with Crippen molar-refractivity contribution >= 4 is 40.5 Å². The summed E-state index contributed by atoms with van der Waals surface area (Å²) in [5.74, 6) is -0.576. The molecule has 3 N–H and O–H groups in total. The van der Waals surface area contributed by atoms with Gasteiger partial charge in [0.1, 0.15) is 12.7 Å². The number of fused-ring (bicyclic) bond motifs is 2. The van der Waals surface area contributed by atoms with Crippen molar-refractivity contribution in [1.82, 2.24) is 45.0 Å². The highest BCUT2D eigenvalue weighted by Gasteiger charge is 2.14. The van der Waals surface area contributed by atoms with E-state index in [1.807, 2.05) is 0 Å². The van der Waals surface area contributed by atoms with Crippen molar-refractivity contribution < 1.29 is 14.3 Å². The number of carbonyl (C=O) groups excluding carboxylic acids is 2. The van der Waals surface area contributed by atoms with Crippen LogP contribution in [0.15, 0.2) is 53.7 Å². The van der Waals surface area contributed by atoms with E-state index in [0.717, 1.165) is 0 Å². The molecule has 0 aliphatic carbocycles. The number of aromatic nitrogens is 8. The lowest BCUT2D eigenvalue weighted by molar-refractivity contribution is -0.138. The number of nitrogens with one attached hydrogen (secondary N) is 3. The molecule has 4 rings (SSSR count). The molecule has 168 valence electrons. The van der Waals surface area contributed by atoms with Gasteiger partial charge in [0.2, 0.25) is 0 Å². The normalized spacial score (nSPS) is 12.1. The van der Waals surface area contributed by atoms with Crippen molar-refractivity contribution in [1.29, 1.82) is 0 Å². The Balaban J connectivity index is 1.53. The highest BCUT2D eigenvalue weighted by atomic mass is 16.5. The maximum atomic E-state index is 12.8. The van der Waals surface area contributed by atoms with Gasteiger partial charge < -0.3 is 4.74 Å². The molecule has 1 amide bonds. The summed E-state index contributed by atoms with van der Waals surface area (Å²) >= 11 is 0. The Morgan fingerprint density at radius 2 is 1.67 bits per heavy atom. The molecular formula is C18H18N12O3. The second kappa shape index (κ2) is 9.46. The second-order valence-corrected chi connectivity index (χ2v) is 6.44. The third-order valence-corrected chi connectivity index (χ3v) is 4.10. The number of esters is 1. The summed E-state index contributed by atoms with van der Waals surface area (Å²) < 4.78 is 7.83. The maximum absolute atomic E-state index is 12.8. The first-order valence-electron chi connectivity index (χ1n) is 9.63. The van der Waals surface area contributed by atoms with E-state index in [9.17, 15) is 9.59 Å². The number of amides is 1. The molecular weight excluding hydrogens is 432 g/mol. The third kappa shape index (κ3) is 5.04. The first-order valence-corrected chi connectivity index (χ1v) is 9.63.